The molecule has 0 amide bonds. The van der Waals surface area contributed by atoms with E-state index in [2.05, 4.69) is 47.2 Å². The van der Waals surface area contributed by atoms with Gasteiger partial charge in [-0.2, -0.15) is 0 Å². The Morgan fingerprint density at radius 3 is 2.95 bits per heavy atom. The standard InChI is InChI=1S/C17H25N3/c1-13-4-5-17-16(12-13)15(14(2)19-17)6-10-20-9-3-7-18-8-11-20/h4-5,12,18-19H,3,6-11H2,1-2H3. The Labute approximate surface area is 121 Å². The van der Waals surface area contributed by atoms with Gasteiger partial charge in [-0.25, -0.2) is 0 Å². The highest BCUT2D eigenvalue weighted by Gasteiger charge is 2.12. The quantitative estimate of drug-likeness (QED) is 0.899. The van der Waals surface area contributed by atoms with E-state index in [1.54, 1.807) is 0 Å². The molecular weight excluding hydrogens is 246 g/mol. The van der Waals surface area contributed by atoms with Crippen LogP contribution in [0.1, 0.15) is 23.2 Å². The Kier molecular flexibility index (Phi) is 4.08. The molecule has 3 heteroatoms. The number of hydrogen-bond donors (Lipinski definition) is 2. The summed E-state index contributed by atoms with van der Waals surface area (Å²) in [7, 11) is 0. The fourth-order valence-corrected chi connectivity index (χ4v) is 3.21. The smallest absolute Gasteiger partial charge is 0.0459 e. The van der Waals surface area contributed by atoms with Gasteiger partial charge in [-0.05, 0) is 57.5 Å². The minimum Gasteiger partial charge on any atom is -0.358 e. The molecule has 1 aromatic heterocycles. The lowest BCUT2D eigenvalue weighted by molar-refractivity contribution is 0.296. The molecule has 3 rings (SSSR count). The van der Waals surface area contributed by atoms with Crippen molar-refractivity contribution in [3.63, 3.8) is 0 Å². The molecule has 0 saturated carbocycles. The lowest BCUT2D eigenvalue weighted by Crippen LogP contribution is -2.30. The number of benzene rings is 1. The monoisotopic (exact) mass is 271 g/mol. The number of hydrogen-bond acceptors (Lipinski definition) is 2. The Morgan fingerprint density at radius 1 is 1.15 bits per heavy atom. The molecule has 1 fully saturated rings. The Bertz CT molecular complexity index is 577. The maximum absolute atomic E-state index is 3.52. The summed E-state index contributed by atoms with van der Waals surface area (Å²) in [6.07, 6.45) is 2.42. The zero-order valence-corrected chi connectivity index (χ0v) is 12.6. The van der Waals surface area contributed by atoms with Gasteiger partial charge in [0, 0.05) is 36.2 Å². The van der Waals surface area contributed by atoms with Crippen molar-refractivity contribution in [1.82, 2.24) is 15.2 Å². The molecule has 0 unspecified atom stereocenters. The second-order valence-electron chi connectivity index (χ2n) is 5.97. The lowest BCUT2D eigenvalue weighted by atomic mass is 10.1. The Hall–Kier alpha value is -1.32. The highest BCUT2D eigenvalue weighted by molar-refractivity contribution is 5.85. The van der Waals surface area contributed by atoms with E-state index < -0.39 is 0 Å². The van der Waals surface area contributed by atoms with Crippen molar-refractivity contribution in [3.05, 3.63) is 35.0 Å². The predicted molar refractivity (Wildman–Crippen MR) is 85.4 cm³/mol. The highest BCUT2D eigenvalue weighted by atomic mass is 15.1. The van der Waals surface area contributed by atoms with Gasteiger partial charge >= 0.3 is 0 Å². The number of aromatic nitrogens is 1. The number of nitrogens with one attached hydrogen (secondary N) is 2. The van der Waals surface area contributed by atoms with Crippen LogP contribution in [0.4, 0.5) is 0 Å². The summed E-state index contributed by atoms with van der Waals surface area (Å²) in [6, 6.07) is 6.71. The third-order valence-corrected chi connectivity index (χ3v) is 4.39. The second kappa shape index (κ2) is 5.98. The van der Waals surface area contributed by atoms with E-state index in [0.29, 0.717) is 0 Å². The van der Waals surface area contributed by atoms with Crippen LogP contribution in [0.2, 0.25) is 0 Å². The van der Waals surface area contributed by atoms with Gasteiger partial charge in [0.1, 0.15) is 0 Å². The van der Waals surface area contributed by atoms with Crippen molar-refractivity contribution >= 4 is 10.9 Å². The van der Waals surface area contributed by atoms with Crippen molar-refractivity contribution in [1.29, 1.82) is 0 Å². The molecule has 0 radical (unpaired) electrons. The molecule has 1 aliphatic rings. The first-order valence-electron chi connectivity index (χ1n) is 7.75. The maximum atomic E-state index is 3.52. The number of rotatable bonds is 3. The molecule has 1 aliphatic heterocycles. The molecule has 3 nitrogen and oxygen atoms in total. The van der Waals surface area contributed by atoms with Gasteiger partial charge in [-0.3, -0.25) is 0 Å². The minimum absolute atomic E-state index is 1.13. The SMILES string of the molecule is Cc1ccc2[nH]c(C)c(CCN3CCCNCC3)c2c1. The number of nitrogens with zero attached hydrogens (tertiary/aromatic N) is 1. The van der Waals surface area contributed by atoms with E-state index in [1.165, 1.54) is 60.3 Å². The summed E-state index contributed by atoms with van der Waals surface area (Å²) in [4.78, 5) is 6.11. The molecule has 0 atom stereocenters. The van der Waals surface area contributed by atoms with Crippen molar-refractivity contribution < 1.29 is 0 Å². The average molecular weight is 271 g/mol. The number of H-pyrrole nitrogens is 1. The van der Waals surface area contributed by atoms with Crippen LogP contribution in [0.3, 0.4) is 0 Å². The fourth-order valence-electron chi connectivity index (χ4n) is 3.21. The summed E-state index contributed by atoms with van der Waals surface area (Å²) < 4.78 is 0. The molecule has 1 aromatic carbocycles. The van der Waals surface area contributed by atoms with Gasteiger partial charge in [-0.15, -0.1) is 0 Å². The summed E-state index contributed by atoms with van der Waals surface area (Å²) in [5.41, 5.74) is 5.46. The minimum atomic E-state index is 1.13. The fraction of sp³-hybridized carbons (Fsp3) is 0.529. The lowest BCUT2D eigenvalue weighted by Gasteiger charge is -2.19. The maximum Gasteiger partial charge on any atom is 0.0459 e. The van der Waals surface area contributed by atoms with Gasteiger partial charge in [0.2, 0.25) is 0 Å². The van der Waals surface area contributed by atoms with Crippen molar-refractivity contribution in [2.75, 3.05) is 32.7 Å². The number of aromatic amines is 1. The molecule has 1 saturated heterocycles. The summed E-state index contributed by atoms with van der Waals surface area (Å²) >= 11 is 0. The van der Waals surface area contributed by atoms with E-state index in [1.807, 2.05) is 0 Å². The van der Waals surface area contributed by atoms with Crippen LogP contribution in [0.15, 0.2) is 18.2 Å². The zero-order valence-electron chi connectivity index (χ0n) is 12.6. The summed E-state index contributed by atoms with van der Waals surface area (Å²) in [6.45, 7) is 10.3. The van der Waals surface area contributed by atoms with E-state index in [9.17, 15) is 0 Å². The molecule has 2 heterocycles. The van der Waals surface area contributed by atoms with Crippen LogP contribution in [0.25, 0.3) is 10.9 Å². The highest BCUT2D eigenvalue weighted by Crippen LogP contribution is 2.24. The summed E-state index contributed by atoms with van der Waals surface area (Å²) in [5.74, 6) is 0. The molecule has 0 spiro atoms. The van der Waals surface area contributed by atoms with Crippen LogP contribution in [-0.4, -0.2) is 42.6 Å². The molecule has 0 aliphatic carbocycles. The van der Waals surface area contributed by atoms with Gasteiger partial charge in [0.05, 0.1) is 0 Å². The number of aryl methyl sites for hydroxylation is 2. The van der Waals surface area contributed by atoms with Crippen LogP contribution < -0.4 is 5.32 Å². The first-order valence-corrected chi connectivity index (χ1v) is 7.75. The molecule has 2 aromatic rings. The number of fused-ring (bicyclic) bond motifs is 1. The van der Waals surface area contributed by atoms with Crippen LogP contribution in [0.5, 0.6) is 0 Å². The first kappa shape index (κ1) is 13.7. The first-order chi connectivity index (χ1) is 9.74. The van der Waals surface area contributed by atoms with Gasteiger partial charge < -0.3 is 15.2 Å². The average Bonchev–Trinajstić information content (AvgIpc) is 2.63. The van der Waals surface area contributed by atoms with Crippen molar-refractivity contribution in [3.8, 4) is 0 Å². The van der Waals surface area contributed by atoms with Crippen molar-refractivity contribution in [2.45, 2.75) is 26.7 Å². The van der Waals surface area contributed by atoms with E-state index in [4.69, 9.17) is 0 Å². The van der Waals surface area contributed by atoms with E-state index >= 15 is 0 Å². The molecular formula is C17H25N3. The third kappa shape index (κ3) is 2.89. The topological polar surface area (TPSA) is 31.1 Å². The van der Waals surface area contributed by atoms with Crippen molar-refractivity contribution in [2.24, 2.45) is 0 Å². The van der Waals surface area contributed by atoms with Crippen LogP contribution >= 0.6 is 0 Å². The van der Waals surface area contributed by atoms with Gasteiger partial charge in [0.25, 0.3) is 0 Å². The molecule has 0 bridgehead atoms. The second-order valence-corrected chi connectivity index (χ2v) is 5.97. The van der Waals surface area contributed by atoms with Gasteiger partial charge in [-0.1, -0.05) is 11.6 Å². The van der Waals surface area contributed by atoms with Crippen LogP contribution in [-0.2, 0) is 6.42 Å². The predicted octanol–water partition coefficient (Wildman–Crippen LogP) is 2.62. The van der Waals surface area contributed by atoms with Crippen LogP contribution in [0, 0.1) is 13.8 Å². The Balaban J connectivity index is 1.76. The largest absolute Gasteiger partial charge is 0.358 e. The zero-order chi connectivity index (χ0) is 13.9. The summed E-state index contributed by atoms with van der Waals surface area (Å²) in [5, 5.41) is 4.88. The Morgan fingerprint density at radius 2 is 2.05 bits per heavy atom. The third-order valence-electron chi connectivity index (χ3n) is 4.39. The molecule has 2 N–H and O–H groups in total. The normalized spacial score (nSPS) is 17.5. The van der Waals surface area contributed by atoms with E-state index in [-0.39, 0.29) is 0 Å². The van der Waals surface area contributed by atoms with Gasteiger partial charge in [0.15, 0.2) is 0 Å². The molecule has 108 valence electrons. The van der Waals surface area contributed by atoms with E-state index in [0.717, 1.165) is 13.0 Å². The molecule has 20 heavy (non-hydrogen) atoms.